The Balaban J connectivity index is 1.94. The maximum Gasteiger partial charge on any atom is 0.243 e. The Labute approximate surface area is 144 Å². The summed E-state index contributed by atoms with van der Waals surface area (Å²) in [6, 6.07) is 5.26. The van der Waals surface area contributed by atoms with Crippen LogP contribution in [-0.4, -0.2) is 37.8 Å². The molecule has 24 heavy (non-hydrogen) atoms. The van der Waals surface area contributed by atoms with E-state index in [0.29, 0.717) is 36.2 Å². The Morgan fingerprint density at radius 3 is 2.33 bits per heavy atom. The molecule has 2 aliphatic heterocycles. The van der Waals surface area contributed by atoms with Gasteiger partial charge in [0, 0.05) is 31.7 Å². The predicted molar refractivity (Wildman–Crippen MR) is 94.5 cm³/mol. The van der Waals surface area contributed by atoms with Crippen molar-refractivity contribution in [3.8, 4) is 0 Å². The maximum absolute atomic E-state index is 13.0. The van der Waals surface area contributed by atoms with E-state index in [9.17, 15) is 13.2 Å². The molecule has 0 N–H and O–H groups in total. The number of piperidine rings is 1. The van der Waals surface area contributed by atoms with Crippen molar-refractivity contribution >= 4 is 21.6 Å². The zero-order valence-electron chi connectivity index (χ0n) is 14.8. The molecule has 3 rings (SSSR count). The van der Waals surface area contributed by atoms with E-state index < -0.39 is 10.0 Å². The van der Waals surface area contributed by atoms with Gasteiger partial charge in [-0.1, -0.05) is 13.8 Å². The van der Waals surface area contributed by atoms with Gasteiger partial charge in [0.25, 0.3) is 0 Å². The van der Waals surface area contributed by atoms with Crippen LogP contribution in [0.3, 0.4) is 0 Å². The van der Waals surface area contributed by atoms with Crippen molar-refractivity contribution in [3.05, 3.63) is 23.8 Å². The van der Waals surface area contributed by atoms with Crippen LogP contribution >= 0.6 is 0 Å². The SMILES string of the molecule is CC(=O)N1c2ccc(S(=O)(=O)N3C[C@H](C)C[C@H](C)C3)cc2C[C@H]1C. The van der Waals surface area contributed by atoms with Crippen LogP contribution in [0.15, 0.2) is 23.1 Å². The van der Waals surface area contributed by atoms with Gasteiger partial charge >= 0.3 is 0 Å². The van der Waals surface area contributed by atoms with E-state index in [1.54, 1.807) is 34.3 Å². The number of carbonyl (C=O) groups excluding carboxylic acids is 1. The van der Waals surface area contributed by atoms with Gasteiger partial charge in [-0.15, -0.1) is 0 Å². The van der Waals surface area contributed by atoms with Gasteiger partial charge in [0.05, 0.1) is 4.90 Å². The van der Waals surface area contributed by atoms with Crippen LogP contribution in [0.25, 0.3) is 0 Å². The number of anilines is 1. The number of carbonyl (C=O) groups is 1. The van der Waals surface area contributed by atoms with Crippen LogP contribution in [0.1, 0.15) is 39.7 Å². The number of fused-ring (bicyclic) bond motifs is 1. The molecule has 1 aromatic rings. The summed E-state index contributed by atoms with van der Waals surface area (Å²) < 4.78 is 27.7. The number of nitrogens with zero attached hydrogens (tertiary/aromatic N) is 2. The van der Waals surface area contributed by atoms with Crippen molar-refractivity contribution in [3.63, 3.8) is 0 Å². The summed E-state index contributed by atoms with van der Waals surface area (Å²) in [6.07, 6.45) is 1.77. The molecule has 0 bridgehead atoms. The zero-order chi connectivity index (χ0) is 17.6. The Morgan fingerprint density at radius 2 is 1.75 bits per heavy atom. The number of rotatable bonds is 2. The first-order valence-corrected chi connectivity index (χ1v) is 10.1. The standard InChI is InChI=1S/C18H26N2O3S/c1-12-7-13(2)11-19(10-12)24(22,23)17-5-6-18-16(9-17)8-14(3)20(18)15(4)21/h5-6,9,12-14H,7-8,10-11H2,1-4H3/t12-,13+,14-/m1/s1. The fourth-order valence-electron chi connectivity index (χ4n) is 4.20. The molecule has 0 aromatic heterocycles. The number of benzene rings is 1. The first-order chi connectivity index (χ1) is 11.2. The van der Waals surface area contributed by atoms with Crippen molar-refractivity contribution < 1.29 is 13.2 Å². The maximum atomic E-state index is 13.0. The predicted octanol–water partition coefficient (Wildman–Crippen LogP) is 2.65. The molecule has 0 radical (unpaired) electrons. The van der Waals surface area contributed by atoms with Gasteiger partial charge in [-0.05, 0) is 55.4 Å². The largest absolute Gasteiger partial charge is 0.309 e. The van der Waals surface area contributed by atoms with Gasteiger partial charge < -0.3 is 4.90 Å². The second-order valence-corrected chi connectivity index (χ2v) is 9.44. The normalized spacial score (nSPS) is 28.0. The van der Waals surface area contributed by atoms with Crippen molar-refractivity contribution in [1.29, 1.82) is 0 Å². The van der Waals surface area contributed by atoms with Crippen LogP contribution < -0.4 is 4.90 Å². The van der Waals surface area contributed by atoms with Gasteiger partial charge in [-0.2, -0.15) is 4.31 Å². The lowest BCUT2D eigenvalue weighted by Crippen LogP contribution is -2.42. The molecule has 2 aliphatic rings. The van der Waals surface area contributed by atoms with E-state index in [2.05, 4.69) is 13.8 Å². The van der Waals surface area contributed by atoms with Crippen LogP contribution in [-0.2, 0) is 21.2 Å². The zero-order valence-corrected chi connectivity index (χ0v) is 15.6. The number of hydrogen-bond donors (Lipinski definition) is 0. The molecule has 1 amide bonds. The van der Waals surface area contributed by atoms with Gasteiger partial charge in [-0.25, -0.2) is 8.42 Å². The summed E-state index contributed by atoms with van der Waals surface area (Å²) in [6.45, 7) is 8.91. The van der Waals surface area contributed by atoms with Crippen molar-refractivity contribution in [2.45, 2.75) is 51.5 Å². The molecule has 1 saturated heterocycles. The topological polar surface area (TPSA) is 57.7 Å². The highest BCUT2D eigenvalue weighted by Gasteiger charge is 2.34. The molecule has 1 aromatic carbocycles. The van der Waals surface area contributed by atoms with E-state index in [1.807, 2.05) is 6.92 Å². The molecule has 3 atom stereocenters. The molecular formula is C18H26N2O3S. The molecule has 132 valence electrons. The lowest BCUT2D eigenvalue weighted by molar-refractivity contribution is -0.116. The highest BCUT2D eigenvalue weighted by Crippen LogP contribution is 2.35. The van der Waals surface area contributed by atoms with Gasteiger partial charge in [-0.3, -0.25) is 4.79 Å². The number of sulfonamides is 1. The lowest BCUT2D eigenvalue weighted by Gasteiger charge is -2.34. The molecule has 0 spiro atoms. The Morgan fingerprint density at radius 1 is 1.12 bits per heavy atom. The average Bonchev–Trinajstić information content (AvgIpc) is 2.81. The smallest absolute Gasteiger partial charge is 0.243 e. The van der Waals surface area contributed by atoms with Crippen molar-refractivity contribution in [1.82, 2.24) is 4.31 Å². The van der Waals surface area contributed by atoms with E-state index in [4.69, 9.17) is 0 Å². The first-order valence-electron chi connectivity index (χ1n) is 8.63. The Bertz CT molecular complexity index is 750. The van der Waals surface area contributed by atoms with E-state index in [0.717, 1.165) is 17.7 Å². The Kier molecular flexibility index (Phi) is 4.47. The highest BCUT2D eigenvalue weighted by atomic mass is 32.2. The summed E-state index contributed by atoms with van der Waals surface area (Å²) in [7, 11) is -3.47. The minimum Gasteiger partial charge on any atom is -0.309 e. The Hall–Kier alpha value is -1.40. The average molecular weight is 350 g/mol. The van der Waals surface area contributed by atoms with E-state index in [-0.39, 0.29) is 11.9 Å². The van der Waals surface area contributed by atoms with E-state index >= 15 is 0 Å². The fourth-order valence-corrected chi connectivity index (χ4v) is 5.93. The highest BCUT2D eigenvalue weighted by molar-refractivity contribution is 7.89. The molecule has 2 heterocycles. The number of amides is 1. The third kappa shape index (κ3) is 2.97. The molecule has 0 saturated carbocycles. The third-order valence-corrected chi connectivity index (χ3v) is 6.91. The lowest BCUT2D eigenvalue weighted by atomic mass is 9.94. The molecule has 0 unspecified atom stereocenters. The molecule has 6 heteroatoms. The van der Waals surface area contributed by atoms with Gasteiger partial charge in [0.1, 0.15) is 0 Å². The number of hydrogen-bond acceptors (Lipinski definition) is 3. The van der Waals surface area contributed by atoms with Crippen molar-refractivity contribution in [2.75, 3.05) is 18.0 Å². The van der Waals surface area contributed by atoms with Gasteiger partial charge in [0.15, 0.2) is 0 Å². The quantitative estimate of drug-likeness (QED) is 0.824. The van der Waals surface area contributed by atoms with Crippen molar-refractivity contribution in [2.24, 2.45) is 11.8 Å². The summed E-state index contributed by atoms with van der Waals surface area (Å²) in [4.78, 5) is 13.9. The van der Waals surface area contributed by atoms with E-state index in [1.165, 1.54) is 0 Å². The van der Waals surface area contributed by atoms with Crippen LogP contribution in [0.4, 0.5) is 5.69 Å². The second-order valence-electron chi connectivity index (χ2n) is 7.50. The molecule has 5 nitrogen and oxygen atoms in total. The third-order valence-electron chi connectivity index (χ3n) is 5.08. The summed E-state index contributed by atoms with van der Waals surface area (Å²) in [5.74, 6) is 0.757. The molecule has 1 fully saturated rings. The summed E-state index contributed by atoms with van der Waals surface area (Å²) in [5.41, 5.74) is 1.78. The fraction of sp³-hybridized carbons (Fsp3) is 0.611. The van der Waals surface area contributed by atoms with Crippen LogP contribution in [0.5, 0.6) is 0 Å². The first kappa shape index (κ1) is 17.4. The van der Waals surface area contributed by atoms with Crippen LogP contribution in [0.2, 0.25) is 0 Å². The monoisotopic (exact) mass is 350 g/mol. The van der Waals surface area contributed by atoms with Gasteiger partial charge in [0.2, 0.25) is 15.9 Å². The second kappa shape index (κ2) is 6.15. The molecular weight excluding hydrogens is 324 g/mol. The van der Waals surface area contributed by atoms with Crippen LogP contribution in [0, 0.1) is 11.8 Å². The summed E-state index contributed by atoms with van der Waals surface area (Å²) in [5, 5.41) is 0. The minimum absolute atomic E-state index is 0.00413. The summed E-state index contributed by atoms with van der Waals surface area (Å²) >= 11 is 0. The minimum atomic E-state index is -3.47. The molecule has 0 aliphatic carbocycles.